The van der Waals surface area contributed by atoms with E-state index in [0.29, 0.717) is 15.6 Å². The van der Waals surface area contributed by atoms with Crippen LogP contribution in [0.4, 0.5) is 11.4 Å². The molecule has 3 rings (SSSR count). The van der Waals surface area contributed by atoms with Crippen LogP contribution in [0.15, 0.2) is 46.3 Å². The van der Waals surface area contributed by atoms with Crippen LogP contribution in [0.1, 0.15) is 11.1 Å². The lowest BCUT2D eigenvalue weighted by atomic mass is 10.1. The van der Waals surface area contributed by atoms with Crippen LogP contribution in [0.2, 0.25) is 0 Å². The lowest BCUT2D eigenvalue weighted by Crippen LogP contribution is -2.19. The van der Waals surface area contributed by atoms with E-state index in [1.807, 2.05) is 31.2 Å². The van der Waals surface area contributed by atoms with E-state index in [2.05, 4.69) is 10.3 Å². The van der Waals surface area contributed by atoms with Gasteiger partial charge in [-0.2, -0.15) is 0 Å². The number of hydrogen-bond acceptors (Lipinski definition) is 7. The number of nitrogens with zero attached hydrogens (tertiary/aromatic N) is 2. The molecular weight excluding hydrogens is 370 g/mol. The number of aromatic hydroxyl groups is 1. The molecule has 138 valence electrons. The van der Waals surface area contributed by atoms with Crippen LogP contribution in [0.3, 0.4) is 0 Å². The topological polar surface area (TPSA) is 114 Å². The Kier molecular flexibility index (Phi) is 5.13. The minimum atomic E-state index is -0.715. The summed E-state index contributed by atoms with van der Waals surface area (Å²) in [7, 11) is 1.29. The number of carbonyl (C=O) groups excluding carboxylic acids is 1. The van der Waals surface area contributed by atoms with Gasteiger partial charge in [-0.1, -0.05) is 18.2 Å². The van der Waals surface area contributed by atoms with Crippen LogP contribution in [0, 0.1) is 17.0 Å². The summed E-state index contributed by atoms with van der Waals surface area (Å²) in [6.07, 6.45) is 1.48. The molecule has 1 fully saturated rings. The van der Waals surface area contributed by atoms with Crippen molar-refractivity contribution in [2.75, 3.05) is 7.11 Å². The van der Waals surface area contributed by atoms with Crippen molar-refractivity contribution in [2.24, 2.45) is 4.99 Å². The van der Waals surface area contributed by atoms with E-state index < -0.39 is 16.4 Å². The van der Waals surface area contributed by atoms with E-state index in [4.69, 9.17) is 4.74 Å². The van der Waals surface area contributed by atoms with Gasteiger partial charge in [0, 0.05) is 6.07 Å². The second-order valence-electron chi connectivity index (χ2n) is 5.62. The molecule has 1 aliphatic heterocycles. The molecule has 8 nitrogen and oxygen atoms in total. The van der Waals surface area contributed by atoms with E-state index in [-0.39, 0.29) is 11.7 Å². The molecule has 2 aromatic carbocycles. The van der Waals surface area contributed by atoms with Gasteiger partial charge < -0.3 is 15.2 Å². The number of phenols is 1. The second kappa shape index (κ2) is 7.50. The van der Waals surface area contributed by atoms with Gasteiger partial charge in [-0.15, -0.1) is 0 Å². The molecule has 9 heteroatoms. The van der Waals surface area contributed by atoms with Crippen molar-refractivity contribution < 1.29 is 19.6 Å². The molecule has 0 spiro atoms. The van der Waals surface area contributed by atoms with E-state index in [9.17, 15) is 20.0 Å². The summed E-state index contributed by atoms with van der Waals surface area (Å²) in [6, 6.07) is 10.1. The summed E-state index contributed by atoms with van der Waals surface area (Å²) >= 11 is 1.13. The Morgan fingerprint density at radius 1 is 1.33 bits per heavy atom. The Labute approximate surface area is 158 Å². The van der Waals surface area contributed by atoms with Gasteiger partial charge in [-0.05, 0) is 48.0 Å². The van der Waals surface area contributed by atoms with Gasteiger partial charge in [0.1, 0.15) is 0 Å². The number of aliphatic imine (C=N–C) groups is 1. The Morgan fingerprint density at radius 3 is 2.74 bits per heavy atom. The molecule has 27 heavy (non-hydrogen) atoms. The zero-order valence-electron chi connectivity index (χ0n) is 14.4. The van der Waals surface area contributed by atoms with Crippen molar-refractivity contribution in [3.8, 4) is 11.5 Å². The predicted octanol–water partition coefficient (Wildman–Crippen LogP) is 3.51. The number of nitro benzene ring substituents is 1. The van der Waals surface area contributed by atoms with Crippen molar-refractivity contribution in [2.45, 2.75) is 6.92 Å². The molecule has 0 atom stereocenters. The van der Waals surface area contributed by atoms with E-state index in [1.165, 1.54) is 25.3 Å². The Morgan fingerprint density at radius 2 is 2.07 bits per heavy atom. The first-order valence-corrected chi connectivity index (χ1v) is 8.61. The number of nitrogens with one attached hydrogen (secondary N) is 1. The SMILES string of the molecule is COc1cc(/C=C2\SC(=Nc3ccccc3C)NC2=O)cc([N+](=O)[O-])c1O. The van der Waals surface area contributed by atoms with Crippen molar-refractivity contribution >= 4 is 40.3 Å². The number of rotatable bonds is 4. The Balaban J connectivity index is 1.94. The maximum atomic E-state index is 12.2. The summed E-state index contributed by atoms with van der Waals surface area (Å²) in [6.45, 7) is 1.92. The molecule has 0 aromatic heterocycles. The van der Waals surface area contributed by atoms with Gasteiger partial charge in [-0.25, -0.2) is 4.99 Å². The normalized spacial score (nSPS) is 16.6. The number of methoxy groups -OCH3 is 1. The van der Waals surface area contributed by atoms with Gasteiger partial charge in [0.2, 0.25) is 5.75 Å². The molecule has 1 aliphatic rings. The average molecular weight is 385 g/mol. The summed E-state index contributed by atoms with van der Waals surface area (Å²) < 4.78 is 4.97. The highest BCUT2D eigenvalue weighted by molar-refractivity contribution is 8.18. The fourth-order valence-corrected chi connectivity index (χ4v) is 3.26. The Hall–Kier alpha value is -3.33. The molecule has 0 unspecified atom stereocenters. The van der Waals surface area contributed by atoms with Crippen LogP contribution in [-0.4, -0.2) is 28.2 Å². The van der Waals surface area contributed by atoms with Gasteiger partial charge in [-0.3, -0.25) is 14.9 Å². The van der Waals surface area contributed by atoms with Gasteiger partial charge >= 0.3 is 5.69 Å². The average Bonchev–Trinajstić information content (AvgIpc) is 2.97. The molecule has 0 aliphatic carbocycles. The van der Waals surface area contributed by atoms with Crippen LogP contribution < -0.4 is 10.1 Å². The van der Waals surface area contributed by atoms with Gasteiger partial charge in [0.25, 0.3) is 5.91 Å². The van der Waals surface area contributed by atoms with E-state index in [1.54, 1.807) is 0 Å². The van der Waals surface area contributed by atoms with Crippen molar-refractivity contribution in [3.63, 3.8) is 0 Å². The first-order chi connectivity index (χ1) is 12.9. The number of thioether (sulfide) groups is 1. The number of phenolic OH excluding ortho intramolecular Hbond substituents is 1. The van der Waals surface area contributed by atoms with Gasteiger partial charge in [0.05, 0.1) is 22.6 Å². The standard InChI is InChI=1S/C18H15N3O5S/c1-10-5-3-4-6-12(10)19-18-20-17(23)15(27-18)9-11-7-13(21(24)25)16(22)14(8-11)26-2/h3-9,22H,1-2H3,(H,19,20,23)/b15-9-. The highest BCUT2D eigenvalue weighted by Gasteiger charge is 2.25. The summed E-state index contributed by atoms with van der Waals surface area (Å²) in [5.41, 5.74) is 1.56. The third-order valence-corrected chi connectivity index (χ3v) is 4.69. The number of para-hydroxylation sites is 1. The minimum absolute atomic E-state index is 0.0479. The quantitative estimate of drug-likeness (QED) is 0.473. The zero-order chi connectivity index (χ0) is 19.6. The van der Waals surface area contributed by atoms with Crippen molar-refractivity contribution in [1.82, 2.24) is 5.32 Å². The number of amidine groups is 1. The number of carbonyl (C=O) groups is 1. The molecule has 0 radical (unpaired) electrons. The number of benzene rings is 2. The predicted molar refractivity (Wildman–Crippen MR) is 103 cm³/mol. The molecule has 0 bridgehead atoms. The third kappa shape index (κ3) is 3.93. The first kappa shape index (κ1) is 18.5. The monoisotopic (exact) mass is 385 g/mol. The number of ether oxygens (including phenoxy) is 1. The van der Waals surface area contributed by atoms with Crippen molar-refractivity contribution in [1.29, 1.82) is 0 Å². The number of aryl methyl sites for hydroxylation is 1. The number of amides is 1. The highest BCUT2D eigenvalue weighted by Crippen LogP contribution is 2.38. The maximum absolute atomic E-state index is 12.2. The second-order valence-corrected chi connectivity index (χ2v) is 6.65. The largest absolute Gasteiger partial charge is 0.500 e. The lowest BCUT2D eigenvalue weighted by molar-refractivity contribution is -0.386. The molecule has 1 saturated heterocycles. The van der Waals surface area contributed by atoms with Crippen LogP contribution in [-0.2, 0) is 4.79 Å². The van der Waals surface area contributed by atoms with E-state index in [0.717, 1.165) is 23.0 Å². The summed E-state index contributed by atoms with van der Waals surface area (Å²) in [4.78, 5) is 27.3. The Bertz CT molecular complexity index is 1000. The summed E-state index contributed by atoms with van der Waals surface area (Å²) in [5.74, 6) is -0.967. The molecule has 2 N–H and O–H groups in total. The smallest absolute Gasteiger partial charge is 0.315 e. The third-order valence-electron chi connectivity index (χ3n) is 3.78. The highest BCUT2D eigenvalue weighted by atomic mass is 32.2. The molecule has 2 aromatic rings. The van der Waals surface area contributed by atoms with Gasteiger partial charge in [0.15, 0.2) is 10.9 Å². The summed E-state index contributed by atoms with van der Waals surface area (Å²) in [5, 5.41) is 24.0. The number of nitro groups is 1. The maximum Gasteiger partial charge on any atom is 0.315 e. The lowest BCUT2D eigenvalue weighted by Gasteiger charge is -2.05. The molecule has 1 amide bonds. The zero-order valence-corrected chi connectivity index (χ0v) is 15.2. The molecule has 0 saturated carbocycles. The minimum Gasteiger partial charge on any atom is -0.500 e. The fourth-order valence-electron chi connectivity index (χ4n) is 2.42. The van der Waals surface area contributed by atoms with Crippen LogP contribution in [0.25, 0.3) is 6.08 Å². The molecular formula is C18H15N3O5S. The van der Waals surface area contributed by atoms with Crippen LogP contribution >= 0.6 is 11.8 Å². The van der Waals surface area contributed by atoms with E-state index >= 15 is 0 Å². The molecule has 1 heterocycles. The number of hydrogen-bond donors (Lipinski definition) is 2. The first-order valence-electron chi connectivity index (χ1n) is 7.79. The fraction of sp³-hybridized carbons (Fsp3) is 0.111. The van der Waals surface area contributed by atoms with Crippen molar-refractivity contribution in [3.05, 3.63) is 62.5 Å². The van der Waals surface area contributed by atoms with Crippen LogP contribution in [0.5, 0.6) is 11.5 Å².